The van der Waals surface area contributed by atoms with Crippen LogP contribution in [-0.4, -0.2) is 11.0 Å². The van der Waals surface area contributed by atoms with E-state index in [1.165, 1.54) is 11.3 Å². The van der Waals surface area contributed by atoms with Crippen molar-refractivity contribution in [1.29, 1.82) is 5.26 Å². The van der Waals surface area contributed by atoms with E-state index in [-0.39, 0.29) is 6.61 Å². The standard InChI is InChI=1S/C13H10N2O2S/c1-9-15-12(8-18-9)13(16)17-7-11-4-2-3-10(5-11)6-14/h2-5,8H,7H2,1H3. The minimum atomic E-state index is -0.443. The van der Waals surface area contributed by atoms with E-state index < -0.39 is 5.97 Å². The van der Waals surface area contributed by atoms with E-state index >= 15 is 0 Å². The predicted octanol–water partition coefficient (Wildman–Crippen LogP) is 2.68. The zero-order chi connectivity index (χ0) is 13.0. The van der Waals surface area contributed by atoms with Gasteiger partial charge in [0, 0.05) is 5.38 Å². The number of esters is 1. The van der Waals surface area contributed by atoms with Gasteiger partial charge < -0.3 is 4.74 Å². The summed E-state index contributed by atoms with van der Waals surface area (Å²) in [6.45, 7) is 1.97. The van der Waals surface area contributed by atoms with Crippen molar-refractivity contribution in [2.75, 3.05) is 0 Å². The molecule has 2 rings (SSSR count). The van der Waals surface area contributed by atoms with Crippen LogP contribution in [-0.2, 0) is 11.3 Å². The van der Waals surface area contributed by atoms with E-state index in [2.05, 4.69) is 4.98 Å². The quantitative estimate of drug-likeness (QED) is 0.794. The average molecular weight is 258 g/mol. The third-order valence-corrected chi connectivity index (χ3v) is 3.03. The Balaban J connectivity index is 1.99. The summed E-state index contributed by atoms with van der Waals surface area (Å²) in [5.74, 6) is -0.443. The van der Waals surface area contributed by atoms with Crippen LogP contribution in [0.1, 0.15) is 26.6 Å². The molecule has 1 heterocycles. The number of rotatable bonds is 3. The first kappa shape index (κ1) is 12.3. The van der Waals surface area contributed by atoms with Crippen molar-refractivity contribution >= 4 is 17.3 Å². The van der Waals surface area contributed by atoms with E-state index in [4.69, 9.17) is 10.00 Å². The fraction of sp³-hybridized carbons (Fsp3) is 0.154. The molecule has 0 aliphatic carbocycles. The van der Waals surface area contributed by atoms with E-state index in [1.54, 1.807) is 29.6 Å². The number of carbonyl (C=O) groups is 1. The van der Waals surface area contributed by atoms with Gasteiger partial charge in [0.25, 0.3) is 0 Å². The van der Waals surface area contributed by atoms with Gasteiger partial charge in [-0.05, 0) is 24.6 Å². The maximum Gasteiger partial charge on any atom is 0.358 e. The fourth-order valence-corrected chi connectivity index (χ4v) is 1.99. The maximum absolute atomic E-state index is 11.6. The summed E-state index contributed by atoms with van der Waals surface area (Å²) in [5, 5.41) is 11.3. The average Bonchev–Trinajstić information content (AvgIpc) is 2.83. The van der Waals surface area contributed by atoms with Crippen LogP contribution in [0.3, 0.4) is 0 Å². The molecule has 5 heteroatoms. The van der Waals surface area contributed by atoms with Gasteiger partial charge in [-0.15, -0.1) is 11.3 Å². The van der Waals surface area contributed by atoms with E-state index in [0.29, 0.717) is 11.3 Å². The number of aromatic nitrogens is 1. The minimum absolute atomic E-state index is 0.144. The summed E-state index contributed by atoms with van der Waals surface area (Å²) in [4.78, 5) is 15.7. The lowest BCUT2D eigenvalue weighted by Crippen LogP contribution is -2.05. The molecule has 90 valence electrons. The van der Waals surface area contributed by atoms with Gasteiger partial charge in [0.05, 0.1) is 16.6 Å². The highest BCUT2D eigenvalue weighted by Gasteiger charge is 2.10. The van der Waals surface area contributed by atoms with Gasteiger partial charge in [-0.3, -0.25) is 0 Å². The van der Waals surface area contributed by atoms with Crippen LogP contribution in [0.2, 0.25) is 0 Å². The molecular formula is C13H10N2O2S. The normalized spacial score (nSPS) is 9.78. The van der Waals surface area contributed by atoms with Crippen molar-refractivity contribution in [2.45, 2.75) is 13.5 Å². The van der Waals surface area contributed by atoms with Gasteiger partial charge in [-0.25, -0.2) is 9.78 Å². The Kier molecular flexibility index (Phi) is 3.70. The molecule has 0 unspecified atom stereocenters. The Hall–Kier alpha value is -2.19. The second kappa shape index (κ2) is 5.43. The van der Waals surface area contributed by atoms with Crippen molar-refractivity contribution in [3.05, 3.63) is 51.5 Å². The summed E-state index contributed by atoms with van der Waals surface area (Å²) in [6, 6.07) is 9.00. The smallest absolute Gasteiger partial charge is 0.358 e. The molecular weight excluding hydrogens is 248 g/mol. The molecule has 0 fully saturated rings. The summed E-state index contributed by atoms with van der Waals surface area (Å²) >= 11 is 1.41. The highest BCUT2D eigenvalue weighted by Crippen LogP contribution is 2.11. The molecule has 0 aliphatic rings. The zero-order valence-corrected chi connectivity index (χ0v) is 10.5. The lowest BCUT2D eigenvalue weighted by atomic mass is 10.1. The molecule has 0 aliphatic heterocycles. The molecule has 1 aromatic heterocycles. The fourth-order valence-electron chi connectivity index (χ4n) is 1.41. The van der Waals surface area contributed by atoms with Crippen LogP contribution in [0.25, 0.3) is 0 Å². The van der Waals surface area contributed by atoms with Gasteiger partial charge >= 0.3 is 5.97 Å². The van der Waals surface area contributed by atoms with E-state index in [0.717, 1.165) is 10.6 Å². The van der Waals surface area contributed by atoms with Crippen molar-refractivity contribution < 1.29 is 9.53 Å². The lowest BCUT2D eigenvalue weighted by Gasteiger charge is -2.03. The number of nitriles is 1. The van der Waals surface area contributed by atoms with Gasteiger partial charge in [-0.2, -0.15) is 5.26 Å². The summed E-state index contributed by atoms with van der Waals surface area (Å²) in [6.07, 6.45) is 0. The number of aryl methyl sites for hydroxylation is 1. The van der Waals surface area contributed by atoms with Gasteiger partial charge in [0.2, 0.25) is 0 Å². The summed E-state index contributed by atoms with van der Waals surface area (Å²) < 4.78 is 5.12. The predicted molar refractivity (Wildman–Crippen MR) is 67.1 cm³/mol. The van der Waals surface area contributed by atoms with Crippen LogP contribution in [0, 0.1) is 18.3 Å². The molecule has 0 N–H and O–H groups in total. The van der Waals surface area contributed by atoms with Crippen molar-refractivity contribution in [3.63, 3.8) is 0 Å². The summed E-state index contributed by atoms with van der Waals surface area (Å²) in [7, 11) is 0. The first-order valence-corrected chi connectivity index (χ1v) is 6.15. The number of ether oxygens (including phenoxy) is 1. The Morgan fingerprint density at radius 2 is 2.39 bits per heavy atom. The molecule has 2 aromatic rings. The lowest BCUT2D eigenvalue weighted by molar-refractivity contribution is 0.0466. The van der Waals surface area contributed by atoms with E-state index in [9.17, 15) is 4.79 Å². The van der Waals surface area contributed by atoms with Crippen LogP contribution >= 0.6 is 11.3 Å². The largest absolute Gasteiger partial charge is 0.456 e. The topological polar surface area (TPSA) is 63.0 Å². The number of nitrogens with zero attached hydrogens (tertiary/aromatic N) is 2. The molecule has 0 atom stereocenters. The molecule has 0 spiro atoms. The number of thiazole rings is 1. The Morgan fingerprint density at radius 3 is 3.06 bits per heavy atom. The second-order valence-electron chi connectivity index (χ2n) is 3.64. The summed E-state index contributed by atoms with van der Waals surface area (Å²) in [5.41, 5.74) is 1.66. The molecule has 0 saturated heterocycles. The number of benzene rings is 1. The van der Waals surface area contributed by atoms with Gasteiger partial charge in [0.15, 0.2) is 5.69 Å². The second-order valence-corrected chi connectivity index (χ2v) is 4.70. The van der Waals surface area contributed by atoms with Crippen LogP contribution in [0.15, 0.2) is 29.6 Å². The maximum atomic E-state index is 11.6. The van der Waals surface area contributed by atoms with Gasteiger partial charge in [-0.1, -0.05) is 12.1 Å². The number of hydrogen-bond donors (Lipinski definition) is 0. The molecule has 0 amide bonds. The highest BCUT2D eigenvalue weighted by atomic mass is 32.1. The number of hydrogen-bond acceptors (Lipinski definition) is 5. The number of carbonyl (C=O) groups excluding carboxylic acids is 1. The van der Waals surface area contributed by atoms with Crippen molar-refractivity contribution in [1.82, 2.24) is 4.98 Å². The molecule has 0 saturated carbocycles. The molecule has 0 radical (unpaired) electrons. The molecule has 1 aromatic carbocycles. The highest BCUT2D eigenvalue weighted by molar-refractivity contribution is 7.09. The third kappa shape index (κ3) is 2.93. The first-order valence-electron chi connectivity index (χ1n) is 5.27. The van der Waals surface area contributed by atoms with Crippen LogP contribution < -0.4 is 0 Å². The minimum Gasteiger partial charge on any atom is -0.456 e. The van der Waals surface area contributed by atoms with Crippen molar-refractivity contribution in [2.24, 2.45) is 0 Å². The Morgan fingerprint density at radius 1 is 1.56 bits per heavy atom. The Bertz CT molecular complexity index is 613. The first-order chi connectivity index (χ1) is 8.69. The van der Waals surface area contributed by atoms with Crippen LogP contribution in [0.5, 0.6) is 0 Å². The SMILES string of the molecule is Cc1nc(C(=O)OCc2cccc(C#N)c2)cs1. The molecule has 0 bridgehead atoms. The molecule has 18 heavy (non-hydrogen) atoms. The van der Waals surface area contributed by atoms with E-state index in [1.807, 2.05) is 13.0 Å². The van der Waals surface area contributed by atoms with Crippen molar-refractivity contribution in [3.8, 4) is 6.07 Å². The van der Waals surface area contributed by atoms with Gasteiger partial charge in [0.1, 0.15) is 6.61 Å². The molecule has 4 nitrogen and oxygen atoms in total. The van der Waals surface area contributed by atoms with Crippen LogP contribution in [0.4, 0.5) is 0 Å². The monoisotopic (exact) mass is 258 g/mol. The Labute approximate surface area is 108 Å². The third-order valence-electron chi connectivity index (χ3n) is 2.25. The zero-order valence-electron chi connectivity index (χ0n) is 9.71.